The normalized spacial score (nSPS) is 12.1. The van der Waals surface area contributed by atoms with Gasteiger partial charge in [-0.15, -0.1) is 0 Å². The molecule has 0 spiro atoms. The van der Waals surface area contributed by atoms with E-state index in [0.29, 0.717) is 4.90 Å². The van der Waals surface area contributed by atoms with Gasteiger partial charge < -0.3 is 5.32 Å². The maximum Gasteiger partial charge on any atom is 0.269 e. The number of benzene rings is 2. The van der Waals surface area contributed by atoms with Gasteiger partial charge in [0.05, 0.1) is 4.92 Å². The molecule has 2 aromatic carbocycles. The summed E-state index contributed by atoms with van der Waals surface area (Å²) in [6.07, 6.45) is 0. The maximum atomic E-state index is 14.1. The third-order valence-corrected chi connectivity index (χ3v) is 4.22. The lowest BCUT2D eigenvalue weighted by molar-refractivity contribution is -0.384. The van der Waals surface area contributed by atoms with E-state index in [-0.39, 0.29) is 17.5 Å². The molecule has 4 nitrogen and oxygen atoms in total. The van der Waals surface area contributed by atoms with Crippen molar-refractivity contribution >= 4 is 17.4 Å². The molecule has 21 heavy (non-hydrogen) atoms. The van der Waals surface area contributed by atoms with Gasteiger partial charge in [0.1, 0.15) is 5.82 Å². The van der Waals surface area contributed by atoms with Gasteiger partial charge in [-0.25, -0.2) is 4.39 Å². The van der Waals surface area contributed by atoms with Crippen LogP contribution in [0.1, 0.15) is 18.5 Å². The number of nitro benzene ring substituents is 1. The van der Waals surface area contributed by atoms with E-state index in [9.17, 15) is 14.5 Å². The topological polar surface area (TPSA) is 55.2 Å². The number of non-ortho nitro benzene ring substituents is 1. The molecule has 0 saturated heterocycles. The lowest BCUT2D eigenvalue weighted by atomic mass is 10.1. The highest BCUT2D eigenvalue weighted by molar-refractivity contribution is 7.99. The van der Waals surface area contributed by atoms with Crippen LogP contribution in [-0.4, -0.2) is 12.0 Å². The number of rotatable bonds is 5. The number of hydrogen-bond donors (Lipinski definition) is 1. The van der Waals surface area contributed by atoms with E-state index in [1.807, 2.05) is 20.0 Å². The minimum absolute atomic E-state index is 0.0259. The number of nitro groups is 1. The molecule has 1 unspecified atom stereocenters. The minimum atomic E-state index is -0.455. The first-order chi connectivity index (χ1) is 10.0. The highest BCUT2D eigenvalue weighted by Crippen LogP contribution is 2.32. The summed E-state index contributed by atoms with van der Waals surface area (Å²) in [6, 6.07) is 11.3. The Hall–Kier alpha value is -1.92. The summed E-state index contributed by atoms with van der Waals surface area (Å²) in [7, 11) is 1.82. The van der Waals surface area contributed by atoms with Crippen molar-refractivity contribution in [2.75, 3.05) is 7.05 Å². The van der Waals surface area contributed by atoms with Gasteiger partial charge in [-0.3, -0.25) is 10.1 Å². The van der Waals surface area contributed by atoms with Crippen molar-refractivity contribution in [3.8, 4) is 0 Å². The zero-order valence-corrected chi connectivity index (χ0v) is 12.5. The van der Waals surface area contributed by atoms with Crippen molar-refractivity contribution in [1.82, 2.24) is 5.32 Å². The molecule has 1 N–H and O–H groups in total. The molecule has 0 aliphatic rings. The first kappa shape index (κ1) is 15.5. The molecular weight excluding hydrogens is 291 g/mol. The van der Waals surface area contributed by atoms with Gasteiger partial charge in [-0.2, -0.15) is 0 Å². The summed E-state index contributed by atoms with van der Waals surface area (Å²) in [5, 5.41) is 13.6. The molecule has 0 aliphatic heterocycles. The smallest absolute Gasteiger partial charge is 0.269 e. The van der Waals surface area contributed by atoms with Crippen LogP contribution in [0, 0.1) is 15.9 Å². The highest BCUT2D eigenvalue weighted by Gasteiger charge is 2.10. The molecule has 6 heteroatoms. The van der Waals surface area contributed by atoms with E-state index in [2.05, 4.69) is 5.32 Å². The average molecular weight is 306 g/mol. The number of nitrogens with one attached hydrogen (secondary N) is 1. The quantitative estimate of drug-likeness (QED) is 0.665. The van der Waals surface area contributed by atoms with Gasteiger partial charge in [0.15, 0.2) is 0 Å². The molecule has 2 rings (SSSR count). The second-order valence-corrected chi connectivity index (χ2v) is 5.67. The van der Waals surface area contributed by atoms with Crippen LogP contribution < -0.4 is 5.32 Å². The van der Waals surface area contributed by atoms with Crippen LogP contribution in [0.4, 0.5) is 10.1 Å². The summed E-state index contributed by atoms with van der Waals surface area (Å²) < 4.78 is 14.1. The predicted octanol–water partition coefficient (Wildman–Crippen LogP) is 4.17. The van der Waals surface area contributed by atoms with E-state index in [0.717, 1.165) is 10.5 Å². The number of hydrogen-bond acceptors (Lipinski definition) is 4. The van der Waals surface area contributed by atoms with Crippen molar-refractivity contribution in [2.24, 2.45) is 0 Å². The van der Waals surface area contributed by atoms with Crippen molar-refractivity contribution in [3.05, 3.63) is 64.0 Å². The van der Waals surface area contributed by atoms with Crippen LogP contribution in [0.5, 0.6) is 0 Å². The van der Waals surface area contributed by atoms with Gasteiger partial charge >= 0.3 is 0 Å². The molecule has 0 heterocycles. The van der Waals surface area contributed by atoms with E-state index in [1.165, 1.54) is 30.0 Å². The van der Waals surface area contributed by atoms with Crippen molar-refractivity contribution in [3.63, 3.8) is 0 Å². The lowest BCUT2D eigenvalue weighted by Crippen LogP contribution is -2.12. The number of halogens is 1. The lowest BCUT2D eigenvalue weighted by Gasteiger charge is -2.12. The Morgan fingerprint density at radius 2 is 1.90 bits per heavy atom. The molecule has 1 atom stereocenters. The molecule has 0 radical (unpaired) electrons. The van der Waals surface area contributed by atoms with E-state index >= 15 is 0 Å². The Kier molecular flexibility index (Phi) is 4.93. The molecule has 0 fully saturated rings. The second-order valence-electron chi connectivity index (χ2n) is 4.55. The Morgan fingerprint density at radius 1 is 1.24 bits per heavy atom. The predicted molar refractivity (Wildman–Crippen MR) is 81.1 cm³/mol. The molecule has 0 aromatic heterocycles. The molecule has 0 saturated carbocycles. The summed E-state index contributed by atoms with van der Waals surface area (Å²) in [4.78, 5) is 11.4. The van der Waals surface area contributed by atoms with Gasteiger partial charge in [-0.05, 0) is 43.8 Å². The Bertz CT molecular complexity index is 647. The molecule has 2 aromatic rings. The summed E-state index contributed by atoms with van der Waals surface area (Å²) >= 11 is 1.24. The molecule has 0 amide bonds. The fraction of sp³-hybridized carbons (Fsp3) is 0.200. The minimum Gasteiger partial charge on any atom is -0.313 e. The average Bonchev–Trinajstić information content (AvgIpc) is 2.49. The Morgan fingerprint density at radius 3 is 2.43 bits per heavy atom. The van der Waals surface area contributed by atoms with Crippen LogP contribution in [0.2, 0.25) is 0 Å². The maximum absolute atomic E-state index is 14.1. The third-order valence-electron chi connectivity index (χ3n) is 3.16. The largest absolute Gasteiger partial charge is 0.313 e. The number of nitrogens with zero attached hydrogens (tertiary/aromatic N) is 1. The molecular formula is C15H15FN2O2S. The van der Waals surface area contributed by atoms with Crippen LogP contribution in [0.15, 0.2) is 52.3 Å². The van der Waals surface area contributed by atoms with Gasteiger partial charge in [-0.1, -0.05) is 17.8 Å². The summed E-state index contributed by atoms with van der Waals surface area (Å²) in [5.74, 6) is -0.294. The summed E-state index contributed by atoms with van der Waals surface area (Å²) in [6.45, 7) is 1.96. The molecule has 0 aliphatic carbocycles. The van der Waals surface area contributed by atoms with Crippen LogP contribution in [-0.2, 0) is 0 Å². The fourth-order valence-electron chi connectivity index (χ4n) is 1.80. The van der Waals surface area contributed by atoms with E-state index < -0.39 is 4.92 Å². The zero-order valence-electron chi connectivity index (χ0n) is 11.7. The van der Waals surface area contributed by atoms with E-state index in [1.54, 1.807) is 18.2 Å². The monoisotopic (exact) mass is 306 g/mol. The van der Waals surface area contributed by atoms with Crippen molar-refractivity contribution in [2.45, 2.75) is 22.8 Å². The second kappa shape index (κ2) is 6.69. The van der Waals surface area contributed by atoms with Crippen LogP contribution in [0.25, 0.3) is 0 Å². The van der Waals surface area contributed by atoms with Crippen molar-refractivity contribution < 1.29 is 9.31 Å². The first-order valence-electron chi connectivity index (χ1n) is 6.40. The van der Waals surface area contributed by atoms with E-state index in [4.69, 9.17) is 0 Å². The third kappa shape index (κ3) is 3.80. The van der Waals surface area contributed by atoms with Crippen LogP contribution in [0.3, 0.4) is 0 Å². The Labute approximate surface area is 126 Å². The zero-order chi connectivity index (χ0) is 15.4. The Balaban J connectivity index is 2.17. The molecule has 0 bridgehead atoms. The first-order valence-corrected chi connectivity index (χ1v) is 7.22. The van der Waals surface area contributed by atoms with Gasteiger partial charge in [0.25, 0.3) is 5.69 Å². The summed E-state index contributed by atoms with van der Waals surface area (Å²) in [5.41, 5.74) is 0.904. The van der Waals surface area contributed by atoms with Gasteiger partial charge in [0, 0.05) is 28.0 Å². The fourth-order valence-corrected chi connectivity index (χ4v) is 2.62. The van der Waals surface area contributed by atoms with Crippen LogP contribution >= 0.6 is 11.8 Å². The molecule has 110 valence electrons. The highest BCUT2D eigenvalue weighted by atomic mass is 32.2. The van der Waals surface area contributed by atoms with Gasteiger partial charge in [0.2, 0.25) is 0 Å². The standard InChI is InChI=1S/C15H15FN2O2S/c1-10(17-2)11-3-8-15(14(16)9-11)21-13-6-4-12(5-7-13)18(19)20/h3-10,17H,1-2H3. The van der Waals surface area contributed by atoms with Crippen molar-refractivity contribution in [1.29, 1.82) is 0 Å². The SMILES string of the molecule is CNC(C)c1ccc(Sc2ccc([N+](=O)[O-])cc2)c(F)c1.